The second kappa shape index (κ2) is 7.18. The summed E-state index contributed by atoms with van der Waals surface area (Å²) in [6.45, 7) is 4.38. The minimum absolute atomic E-state index is 0.112. The monoisotopic (exact) mass is 323 g/mol. The van der Waals surface area contributed by atoms with E-state index in [1.807, 2.05) is 0 Å². The Balaban J connectivity index is 1.44. The molecule has 2 aliphatic carbocycles. The lowest BCUT2D eigenvalue weighted by Gasteiger charge is -2.58. The fraction of sp³-hybridized carbons (Fsp3) is 0.882. The number of hydrogen-bond donors (Lipinski definition) is 2. The first-order chi connectivity index (χ1) is 11.2. The third kappa shape index (κ3) is 3.24. The Morgan fingerprint density at radius 2 is 2.09 bits per heavy atom. The van der Waals surface area contributed by atoms with Gasteiger partial charge in [0.05, 0.1) is 12.6 Å². The maximum Gasteiger partial charge on any atom is 0.324 e. The van der Waals surface area contributed by atoms with Gasteiger partial charge in [-0.15, -0.1) is 0 Å². The Hall–Kier alpha value is -1.14. The molecule has 3 amide bonds. The van der Waals surface area contributed by atoms with Gasteiger partial charge in [-0.25, -0.2) is 4.79 Å². The standard InChI is InChI=1S/C17H29N3O3/c1-2-23-14-11-13(17(14)7-4-3-5-8-17)18-9-6-10-20-15(21)12-19-16(20)22/h13-14,18H,2-12H2,1H3,(H,19,22)/t13-,14+/m1/s1. The van der Waals surface area contributed by atoms with Gasteiger partial charge in [-0.3, -0.25) is 9.69 Å². The first kappa shape index (κ1) is 16.7. The number of nitrogens with one attached hydrogen (secondary N) is 2. The van der Waals surface area contributed by atoms with Gasteiger partial charge in [0.1, 0.15) is 0 Å². The summed E-state index contributed by atoms with van der Waals surface area (Å²) < 4.78 is 5.97. The summed E-state index contributed by atoms with van der Waals surface area (Å²) in [7, 11) is 0. The Morgan fingerprint density at radius 3 is 2.74 bits per heavy atom. The van der Waals surface area contributed by atoms with Crippen LogP contribution in [0.25, 0.3) is 0 Å². The molecule has 2 atom stereocenters. The normalized spacial score (nSPS) is 29.7. The van der Waals surface area contributed by atoms with Crippen molar-refractivity contribution in [2.24, 2.45) is 5.41 Å². The topological polar surface area (TPSA) is 70.7 Å². The molecule has 6 nitrogen and oxygen atoms in total. The van der Waals surface area contributed by atoms with Crippen LogP contribution in [0.4, 0.5) is 4.79 Å². The molecule has 2 saturated carbocycles. The van der Waals surface area contributed by atoms with Crippen LogP contribution in [0.1, 0.15) is 51.9 Å². The van der Waals surface area contributed by atoms with Crippen LogP contribution in [0.5, 0.6) is 0 Å². The van der Waals surface area contributed by atoms with Crippen LogP contribution in [0, 0.1) is 5.41 Å². The Labute approximate surface area is 138 Å². The molecule has 1 spiro atoms. The minimum atomic E-state index is -0.251. The van der Waals surface area contributed by atoms with Crippen molar-refractivity contribution in [3.8, 4) is 0 Å². The van der Waals surface area contributed by atoms with E-state index in [0.29, 0.717) is 24.1 Å². The van der Waals surface area contributed by atoms with Crippen LogP contribution in [-0.2, 0) is 9.53 Å². The minimum Gasteiger partial charge on any atom is -0.378 e. The molecular formula is C17H29N3O3. The summed E-state index contributed by atoms with van der Waals surface area (Å²) in [5.41, 5.74) is 0.328. The predicted octanol–water partition coefficient (Wildman–Crippen LogP) is 1.65. The summed E-state index contributed by atoms with van der Waals surface area (Å²) in [4.78, 5) is 24.4. The zero-order valence-corrected chi connectivity index (χ0v) is 14.1. The molecule has 3 aliphatic rings. The van der Waals surface area contributed by atoms with Gasteiger partial charge in [-0.2, -0.15) is 0 Å². The maximum atomic E-state index is 11.5. The number of urea groups is 1. The number of ether oxygens (including phenoxy) is 1. The van der Waals surface area contributed by atoms with Crippen molar-refractivity contribution in [1.29, 1.82) is 0 Å². The molecule has 2 N–H and O–H groups in total. The van der Waals surface area contributed by atoms with Crippen LogP contribution < -0.4 is 10.6 Å². The van der Waals surface area contributed by atoms with Gasteiger partial charge in [-0.1, -0.05) is 19.3 Å². The van der Waals surface area contributed by atoms with Gasteiger partial charge in [0, 0.05) is 24.6 Å². The van der Waals surface area contributed by atoms with Gasteiger partial charge in [0.25, 0.3) is 0 Å². The highest BCUT2D eigenvalue weighted by atomic mass is 16.5. The van der Waals surface area contributed by atoms with Gasteiger partial charge < -0.3 is 15.4 Å². The van der Waals surface area contributed by atoms with E-state index in [1.54, 1.807) is 0 Å². The number of carbonyl (C=O) groups excluding carboxylic acids is 2. The third-order valence-electron chi connectivity index (χ3n) is 5.82. The van der Waals surface area contributed by atoms with E-state index >= 15 is 0 Å². The van der Waals surface area contributed by atoms with Crippen LogP contribution in [0.15, 0.2) is 0 Å². The average molecular weight is 323 g/mol. The average Bonchev–Trinajstić information content (AvgIpc) is 2.89. The fourth-order valence-corrected chi connectivity index (χ4v) is 4.54. The molecule has 0 bridgehead atoms. The Kier molecular flexibility index (Phi) is 5.21. The molecule has 3 fully saturated rings. The highest BCUT2D eigenvalue weighted by Gasteiger charge is 2.55. The summed E-state index contributed by atoms with van der Waals surface area (Å²) in [5.74, 6) is -0.112. The van der Waals surface area contributed by atoms with E-state index < -0.39 is 0 Å². The molecule has 0 unspecified atom stereocenters. The molecule has 0 aromatic carbocycles. The largest absolute Gasteiger partial charge is 0.378 e. The molecule has 0 aromatic rings. The number of rotatable bonds is 7. The molecule has 130 valence electrons. The van der Waals surface area contributed by atoms with E-state index in [9.17, 15) is 9.59 Å². The Bertz CT molecular complexity index is 432. The van der Waals surface area contributed by atoms with Crippen molar-refractivity contribution in [3.63, 3.8) is 0 Å². The van der Waals surface area contributed by atoms with Crippen LogP contribution in [0.3, 0.4) is 0 Å². The second-order valence-electron chi connectivity index (χ2n) is 7.04. The number of nitrogens with zero attached hydrogens (tertiary/aromatic N) is 1. The van der Waals surface area contributed by atoms with Crippen molar-refractivity contribution in [2.45, 2.75) is 64.0 Å². The van der Waals surface area contributed by atoms with E-state index in [-0.39, 0.29) is 18.5 Å². The lowest BCUT2D eigenvalue weighted by molar-refractivity contribution is -0.149. The molecule has 0 radical (unpaired) electrons. The van der Waals surface area contributed by atoms with Crippen LogP contribution in [-0.4, -0.2) is 55.2 Å². The highest BCUT2D eigenvalue weighted by Crippen LogP contribution is 2.53. The van der Waals surface area contributed by atoms with Crippen LogP contribution >= 0.6 is 0 Å². The van der Waals surface area contributed by atoms with Gasteiger partial charge >= 0.3 is 6.03 Å². The van der Waals surface area contributed by atoms with E-state index in [1.165, 1.54) is 37.0 Å². The predicted molar refractivity (Wildman–Crippen MR) is 87.1 cm³/mol. The quantitative estimate of drug-likeness (QED) is 0.552. The summed E-state index contributed by atoms with van der Waals surface area (Å²) in [6, 6.07) is 0.279. The number of imide groups is 1. The van der Waals surface area contributed by atoms with E-state index in [0.717, 1.165) is 26.0 Å². The molecule has 23 heavy (non-hydrogen) atoms. The van der Waals surface area contributed by atoms with Crippen molar-refractivity contribution in [3.05, 3.63) is 0 Å². The number of hydrogen-bond acceptors (Lipinski definition) is 4. The highest BCUT2D eigenvalue weighted by molar-refractivity contribution is 6.01. The van der Waals surface area contributed by atoms with Crippen molar-refractivity contribution >= 4 is 11.9 Å². The molecule has 6 heteroatoms. The zero-order chi connectivity index (χ0) is 16.3. The third-order valence-corrected chi connectivity index (χ3v) is 5.82. The molecular weight excluding hydrogens is 294 g/mol. The lowest BCUT2D eigenvalue weighted by Crippen LogP contribution is -2.64. The van der Waals surface area contributed by atoms with Crippen molar-refractivity contribution < 1.29 is 14.3 Å². The van der Waals surface area contributed by atoms with Crippen molar-refractivity contribution in [1.82, 2.24) is 15.5 Å². The van der Waals surface area contributed by atoms with Crippen molar-refractivity contribution in [2.75, 3.05) is 26.2 Å². The maximum absolute atomic E-state index is 11.5. The summed E-state index contributed by atoms with van der Waals surface area (Å²) >= 11 is 0. The number of carbonyl (C=O) groups is 2. The van der Waals surface area contributed by atoms with E-state index in [4.69, 9.17) is 4.74 Å². The molecule has 1 saturated heterocycles. The first-order valence-electron chi connectivity index (χ1n) is 9.10. The van der Waals surface area contributed by atoms with E-state index in [2.05, 4.69) is 17.6 Å². The first-order valence-corrected chi connectivity index (χ1v) is 9.10. The van der Waals surface area contributed by atoms with Crippen LogP contribution in [0.2, 0.25) is 0 Å². The molecule has 1 heterocycles. The smallest absolute Gasteiger partial charge is 0.324 e. The zero-order valence-electron chi connectivity index (χ0n) is 14.1. The fourth-order valence-electron chi connectivity index (χ4n) is 4.54. The Morgan fingerprint density at radius 1 is 1.30 bits per heavy atom. The lowest BCUT2D eigenvalue weighted by atomic mass is 9.55. The summed E-state index contributed by atoms with van der Waals surface area (Å²) in [5, 5.41) is 6.23. The number of amides is 3. The SMILES string of the molecule is CCO[C@H]1C[C@@H](NCCCN2C(=O)CNC2=O)C12CCCCC2. The van der Waals surface area contributed by atoms with Gasteiger partial charge in [0.2, 0.25) is 5.91 Å². The molecule has 3 rings (SSSR count). The molecule has 0 aromatic heterocycles. The van der Waals surface area contributed by atoms with Gasteiger partial charge in [0.15, 0.2) is 0 Å². The summed E-state index contributed by atoms with van der Waals surface area (Å²) in [6.07, 6.45) is 8.82. The molecule has 1 aliphatic heterocycles. The van der Waals surface area contributed by atoms with Gasteiger partial charge in [-0.05, 0) is 39.2 Å². The second-order valence-corrected chi connectivity index (χ2v) is 7.04.